The van der Waals surface area contributed by atoms with Crippen molar-refractivity contribution in [1.82, 2.24) is 4.98 Å². The van der Waals surface area contributed by atoms with Gasteiger partial charge in [0.1, 0.15) is 5.52 Å². The second-order valence-electron chi connectivity index (χ2n) is 6.84. The number of ether oxygens (including phenoxy) is 3. The summed E-state index contributed by atoms with van der Waals surface area (Å²) >= 11 is 3.43. The van der Waals surface area contributed by atoms with E-state index >= 15 is 0 Å². The molecule has 7 heteroatoms. The summed E-state index contributed by atoms with van der Waals surface area (Å²) < 4.78 is 23.1. The lowest BCUT2D eigenvalue weighted by Gasteiger charge is -2.14. The van der Waals surface area contributed by atoms with Crippen LogP contribution in [0.5, 0.6) is 17.2 Å². The van der Waals surface area contributed by atoms with Gasteiger partial charge in [-0.25, -0.2) is 4.98 Å². The molecule has 6 nitrogen and oxygen atoms in total. The summed E-state index contributed by atoms with van der Waals surface area (Å²) in [5.74, 6) is 1.12. The number of fused-ring (bicyclic) bond motifs is 1. The monoisotopic (exact) mass is 493 g/mol. The van der Waals surface area contributed by atoms with Gasteiger partial charge in [-0.2, -0.15) is 0 Å². The minimum atomic E-state index is -0.293. The number of hydrogen-bond acceptors (Lipinski definition) is 6. The molecule has 0 saturated carbocycles. The van der Waals surface area contributed by atoms with Gasteiger partial charge < -0.3 is 18.6 Å². The van der Waals surface area contributed by atoms with E-state index in [4.69, 9.17) is 18.6 Å². The highest BCUT2D eigenvalue weighted by atomic mass is 79.9. The number of carbonyl (C=O) groups is 1. The summed E-state index contributed by atoms with van der Waals surface area (Å²) in [5.41, 5.74) is 2.75. The molecule has 0 aliphatic rings. The van der Waals surface area contributed by atoms with Gasteiger partial charge in [-0.3, -0.25) is 4.79 Å². The van der Waals surface area contributed by atoms with Crippen LogP contribution in [-0.2, 0) is 0 Å². The van der Waals surface area contributed by atoms with Crippen molar-refractivity contribution in [3.05, 3.63) is 82.2 Å². The summed E-state index contributed by atoms with van der Waals surface area (Å²) in [7, 11) is 4.52. The molecule has 1 heterocycles. The molecule has 0 saturated heterocycles. The summed E-state index contributed by atoms with van der Waals surface area (Å²) in [4.78, 5) is 18.2. The van der Waals surface area contributed by atoms with Crippen molar-refractivity contribution in [3.8, 4) is 17.2 Å². The van der Waals surface area contributed by atoms with E-state index < -0.39 is 0 Å². The molecule has 0 atom stereocenters. The first kappa shape index (κ1) is 21.6. The number of ketones is 1. The van der Waals surface area contributed by atoms with Crippen molar-refractivity contribution < 1.29 is 23.4 Å². The first-order valence-corrected chi connectivity index (χ1v) is 10.5. The average molecular weight is 494 g/mol. The van der Waals surface area contributed by atoms with E-state index in [1.807, 2.05) is 48.5 Å². The highest BCUT2D eigenvalue weighted by Gasteiger charge is 2.23. The fourth-order valence-electron chi connectivity index (χ4n) is 3.31. The van der Waals surface area contributed by atoms with Crippen LogP contribution in [0, 0.1) is 0 Å². The van der Waals surface area contributed by atoms with Gasteiger partial charge in [0.25, 0.3) is 0 Å². The van der Waals surface area contributed by atoms with Crippen LogP contribution in [0.2, 0.25) is 0 Å². The molecule has 162 valence electrons. The van der Waals surface area contributed by atoms with E-state index in [0.717, 1.165) is 10.0 Å². The quantitative estimate of drug-likeness (QED) is 0.231. The largest absolute Gasteiger partial charge is 0.493 e. The lowest BCUT2D eigenvalue weighted by molar-refractivity contribution is 0.105. The number of halogens is 1. The molecule has 0 amide bonds. The number of oxazole rings is 1. The molecule has 0 fully saturated rings. The number of hydrogen-bond donors (Lipinski definition) is 0. The highest BCUT2D eigenvalue weighted by molar-refractivity contribution is 9.10. The number of aromatic nitrogens is 1. The van der Waals surface area contributed by atoms with Crippen molar-refractivity contribution in [2.24, 2.45) is 0 Å². The van der Waals surface area contributed by atoms with Gasteiger partial charge >= 0.3 is 0 Å². The van der Waals surface area contributed by atoms with Crippen LogP contribution in [0.3, 0.4) is 0 Å². The first-order chi connectivity index (χ1) is 15.5. The Hall–Kier alpha value is -3.58. The molecular formula is C25H20BrNO5. The predicted octanol–water partition coefficient (Wildman–Crippen LogP) is 6.04. The normalized spacial score (nSPS) is 11.4. The maximum atomic E-state index is 13.7. The van der Waals surface area contributed by atoms with Crippen molar-refractivity contribution in [2.75, 3.05) is 21.3 Å². The second-order valence-corrected chi connectivity index (χ2v) is 7.76. The molecule has 4 rings (SSSR count). The Morgan fingerprint density at radius 1 is 0.938 bits per heavy atom. The van der Waals surface area contributed by atoms with Gasteiger partial charge in [0.15, 0.2) is 22.9 Å². The zero-order chi connectivity index (χ0) is 22.7. The lowest BCUT2D eigenvalue weighted by Crippen LogP contribution is -2.05. The standard InChI is InChI=1S/C25H20BrNO5/c1-29-21-13-16(14-22(30-2)24(21)31-3)23(28)18(12-15-8-10-17(26)11-9-15)25-27-19-6-4-5-7-20(19)32-25/h4-14H,1-3H3/b18-12-. The highest BCUT2D eigenvalue weighted by Crippen LogP contribution is 2.39. The first-order valence-electron chi connectivity index (χ1n) is 9.72. The number of Topliss-reactive ketones (excluding diaryl/α,β-unsaturated/α-hetero) is 1. The van der Waals surface area contributed by atoms with Gasteiger partial charge in [-0.15, -0.1) is 0 Å². The number of rotatable bonds is 7. The third-order valence-electron chi connectivity index (χ3n) is 4.88. The van der Waals surface area contributed by atoms with Crippen LogP contribution in [0.25, 0.3) is 22.7 Å². The number of methoxy groups -OCH3 is 3. The maximum Gasteiger partial charge on any atom is 0.231 e. The summed E-state index contributed by atoms with van der Waals surface area (Å²) in [5, 5.41) is 0. The third kappa shape index (κ3) is 4.24. The van der Waals surface area contributed by atoms with E-state index in [1.165, 1.54) is 21.3 Å². The van der Waals surface area contributed by atoms with Crippen LogP contribution in [0.15, 0.2) is 69.6 Å². The molecule has 0 radical (unpaired) electrons. The van der Waals surface area contributed by atoms with Gasteiger partial charge in [-0.05, 0) is 48.0 Å². The zero-order valence-electron chi connectivity index (χ0n) is 17.7. The minimum absolute atomic E-state index is 0.230. The van der Waals surface area contributed by atoms with Crippen LogP contribution in [0.1, 0.15) is 21.8 Å². The molecular weight excluding hydrogens is 474 g/mol. The van der Waals surface area contributed by atoms with Gasteiger partial charge in [-0.1, -0.05) is 40.2 Å². The molecule has 0 N–H and O–H groups in total. The van der Waals surface area contributed by atoms with E-state index in [0.29, 0.717) is 39.5 Å². The number of nitrogens with zero attached hydrogens (tertiary/aromatic N) is 1. The Kier molecular flexibility index (Phi) is 6.28. The minimum Gasteiger partial charge on any atom is -0.493 e. The fourth-order valence-corrected chi connectivity index (χ4v) is 3.57. The Balaban J connectivity index is 1.88. The molecule has 0 unspecified atom stereocenters. The van der Waals surface area contributed by atoms with Crippen molar-refractivity contribution >= 4 is 44.5 Å². The molecule has 32 heavy (non-hydrogen) atoms. The van der Waals surface area contributed by atoms with Crippen molar-refractivity contribution in [1.29, 1.82) is 0 Å². The molecule has 0 aliphatic carbocycles. The van der Waals surface area contributed by atoms with Gasteiger partial charge in [0.2, 0.25) is 11.6 Å². The van der Waals surface area contributed by atoms with E-state index in [9.17, 15) is 4.79 Å². The fraction of sp³-hybridized carbons (Fsp3) is 0.120. The molecule has 3 aromatic carbocycles. The lowest BCUT2D eigenvalue weighted by atomic mass is 10.00. The Bertz CT molecular complexity index is 1250. The topological polar surface area (TPSA) is 70.8 Å². The molecule has 1 aromatic heterocycles. The number of para-hydroxylation sites is 2. The third-order valence-corrected chi connectivity index (χ3v) is 5.41. The molecule has 0 spiro atoms. The van der Waals surface area contributed by atoms with E-state index in [2.05, 4.69) is 20.9 Å². The van der Waals surface area contributed by atoms with Crippen LogP contribution in [-0.4, -0.2) is 32.1 Å². The summed E-state index contributed by atoms with van der Waals surface area (Å²) in [6, 6.07) is 18.2. The van der Waals surface area contributed by atoms with Crippen molar-refractivity contribution in [2.45, 2.75) is 0 Å². The molecule has 0 bridgehead atoms. The average Bonchev–Trinajstić information content (AvgIpc) is 3.26. The second kappa shape index (κ2) is 9.28. The summed E-state index contributed by atoms with van der Waals surface area (Å²) in [6.45, 7) is 0. The van der Waals surface area contributed by atoms with Crippen LogP contribution in [0.4, 0.5) is 0 Å². The Morgan fingerprint density at radius 3 is 2.19 bits per heavy atom. The number of benzene rings is 3. The van der Waals surface area contributed by atoms with E-state index in [1.54, 1.807) is 18.2 Å². The van der Waals surface area contributed by atoms with Crippen LogP contribution < -0.4 is 14.2 Å². The predicted molar refractivity (Wildman–Crippen MR) is 126 cm³/mol. The number of carbonyl (C=O) groups excluding carboxylic acids is 1. The number of allylic oxidation sites excluding steroid dienone is 1. The van der Waals surface area contributed by atoms with Crippen LogP contribution >= 0.6 is 15.9 Å². The van der Waals surface area contributed by atoms with E-state index in [-0.39, 0.29) is 11.7 Å². The smallest absolute Gasteiger partial charge is 0.231 e. The maximum absolute atomic E-state index is 13.7. The van der Waals surface area contributed by atoms with Gasteiger partial charge in [0.05, 0.1) is 26.9 Å². The van der Waals surface area contributed by atoms with Crippen molar-refractivity contribution in [3.63, 3.8) is 0 Å². The molecule has 0 aliphatic heterocycles. The Morgan fingerprint density at radius 2 is 1.59 bits per heavy atom. The molecule has 4 aromatic rings. The van der Waals surface area contributed by atoms with Gasteiger partial charge in [0, 0.05) is 10.0 Å². The Labute approximate surface area is 193 Å². The zero-order valence-corrected chi connectivity index (χ0v) is 19.3. The summed E-state index contributed by atoms with van der Waals surface area (Å²) in [6.07, 6.45) is 1.75. The SMILES string of the molecule is COc1cc(C(=O)/C(=C/c2ccc(Br)cc2)c2nc3ccccc3o2)cc(OC)c1OC.